The molecule has 3 aromatic carbocycles. The lowest BCUT2D eigenvalue weighted by atomic mass is 9.76. The Balaban J connectivity index is 1.53. The van der Waals surface area contributed by atoms with Crippen molar-refractivity contribution < 1.29 is 42.3 Å². The summed E-state index contributed by atoms with van der Waals surface area (Å²) >= 11 is 0. The molecule has 2 fully saturated rings. The van der Waals surface area contributed by atoms with Gasteiger partial charge in [-0.25, -0.2) is 0 Å². The van der Waals surface area contributed by atoms with Gasteiger partial charge < -0.3 is 9.84 Å². The minimum absolute atomic E-state index is 0.0786. The fourth-order valence-corrected chi connectivity index (χ4v) is 6.02. The van der Waals surface area contributed by atoms with Crippen LogP contribution in [0.25, 0.3) is 0 Å². The molecule has 230 valence electrons. The van der Waals surface area contributed by atoms with Crippen LogP contribution >= 0.6 is 0 Å². The summed E-state index contributed by atoms with van der Waals surface area (Å²) in [6.45, 7) is 2.02. The van der Waals surface area contributed by atoms with E-state index in [-0.39, 0.29) is 30.2 Å². The Kier molecular flexibility index (Phi) is 8.17. The molecule has 13 heteroatoms. The third kappa shape index (κ3) is 5.62. The number of benzene rings is 3. The molecular weight excluding hydrogens is 583 g/mol. The summed E-state index contributed by atoms with van der Waals surface area (Å²) in [5, 5.41) is 24.8. The molecule has 2 N–H and O–H groups in total. The number of hydrogen-bond donors (Lipinski definition) is 2. The summed E-state index contributed by atoms with van der Waals surface area (Å²) in [6, 6.07) is 14.8. The van der Waals surface area contributed by atoms with Gasteiger partial charge in [0, 0.05) is 31.1 Å². The molecule has 44 heavy (non-hydrogen) atoms. The van der Waals surface area contributed by atoms with E-state index in [1.54, 1.807) is 12.1 Å². The quantitative estimate of drug-likeness (QED) is 0.174. The molecule has 2 aliphatic rings. The van der Waals surface area contributed by atoms with Gasteiger partial charge in [0.15, 0.2) is 0 Å². The number of hydrogen-bond acceptors (Lipinski definition) is 7. The van der Waals surface area contributed by atoms with Gasteiger partial charge in [-0.15, -0.1) is 0 Å². The van der Waals surface area contributed by atoms with E-state index in [2.05, 4.69) is 5.32 Å². The first-order chi connectivity index (χ1) is 20.9. The number of likely N-dealkylation sites (tertiary alicyclic amines) is 1. The summed E-state index contributed by atoms with van der Waals surface area (Å²) in [5.74, 6) is -4.85. The molecule has 0 saturated carbocycles. The molecule has 4 unspecified atom stereocenters. The maximum atomic E-state index is 13.8. The molecule has 0 radical (unpaired) electrons. The van der Waals surface area contributed by atoms with Gasteiger partial charge >= 0.3 is 12.1 Å². The molecule has 2 aliphatic heterocycles. The highest BCUT2D eigenvalue weighted by Crippen LogP contribution is 2.50. The number of non-ortho nitro benzene ring substituents is 1. The van der Waals surface area contributed by atoms with Crippen molar-refractivity contribution >= 4 is 23.5 Å². The number of carbonyl (C=O) groups is 3. The number of rotatable bonds is 10. The maximum absolute atomic E-state index is 13.8. The number of nitro groups is 1. The number of nitrogens with one attached hydrogen (secondary N) is 1. The zero-order chi connectivity index (χ0) is 31.8. The summed E-state index contributed by atoms with van der Waals surface area (Å²) in [5.41, 5.74) is -2.24. The fourth-order valence-electron chi connectivity index (χ4n) is 6.02. The standard InChI is InChI=1S/C31H28F3N3O7/c1-2-3-14-36-27(38)24-25(28(36)39)30(29(40)41,17-18-10-12-21(13-11-18)37(42)43)35-26(24)19-6-4-8-22(15-19)44-23-9-5-7-20(16-23)31(32,33)34/h4-13,15-16,24-26,35H,2-3,14,17H2,1H3,(H,40,41). The van der Waals surface area contributed by atoms with Gasteiger partial charge in [0.2, 0.25) is 11.8 Å². The van der Waals surface area contributed by atoms with Crippen LogP contribution in [0.4, 0.5) is 18.9 Å². The summed E-state index contributed by atoms with van der Waals surface area (Å²) in [7, 11) is 0. The van der Waals surface area contributed by atoms with Crippen LogP contribution < -0.4 is 10.1 Å². The monoisotopic (exact) mass is 611 g/mol. The molecule has 2 saturated heterocycles. The van der Waals surface area contributed by atoms with Crippen molar-refractivity contribution in [3.05, 3.63) is 99.6 Å². The molecule has 2 amide bonds. The highest BCUT2D eigenvalue weighted by atomic mass is 19.4. The van der Waals surface area contributed by atoms with Crippen molar-refractivity contribution in [2.45, 2.75) is 43.9 Å². The zero-order valence-corrected chi connectivity index (χ0v) is 23.4. The number of carbonyl (C=O) groups excluding carboxylic acids is 2. The van der Waals surface area contributed by atoms with Gasteiger partial charge in [-0.1, -0.05) is 43.7 Å². The van der Waals surface area contributed by atoms with Crippen LogP contribution in [0, 0.1) is 22.0 Å². The van der Waals surface area contributed by atoms with E-state index in [0.717, 1.165) is 17.0 Å². The molecule has 4 atom stereocenters. The van der Waals surface area contributed by atoms with E-state index in [1.807, 2.05) is 6.92 Å². The number of fused-ring (bicyclic) bond motifs is 1. The molecule has 0 aromatic heterocycles. The predicted molar refractivity (Wildman–Crippen MR) is 150 cm³/mol. The average Bonchev–Trinajstić information content (AvgIpc) is 3.45. The first-order valence-electron chi connectivity index (χ1n) is 13.9. The largest absolute Gasteiger partial charge is 0.480 e. The van der Waals surface area contributed by atoms with Gasteiger partial charge in [-0.3, -0.25) is 34.7 Å². The smallest absolute Gasteiger partial charge is 0.416 e. The van der Waals surface area contributed by atoms with E-state index < -0.39 is 57.9 Å². The normalized spacial score (nSPS) is 23.1. The Morgan fingerprint density at radius 2 is 1.70 bits per heavy atom. The van der Waals surface area contributed by atoms with Crippen molar-refractivity contribution in [1.82, 2.24) is 10.2 Å². The Labute approximate surface area is 249 Å². The fraction of sp³-hybridized carbons (Fsp3) is 0.323. The van der Waals surface area contributed by atoms with Crippen LogP contribution in [0.15, 0.2) is 72.8 Å². The van der Waals surface area contributed by atoms with E-state index in [4.69, 9.17) is 4.74 Å². The van der Waals surface area contributed by atoms with E-state index in [0.29, 0.717) is 24.0 Å². The van der Waals surface area contributed by atoms with Crippen molar-refractivity contribution in [2.75, 3.05) is 6.54 Å². The van der Waals surface area contributed by atoms with Gasteiger partial charge in [0.05, 0.1) is 22.3 Å². The molecule has 10 nitrogen and oxygen atoms in total. The van der Waals surface area contributed by atoms with Gasteiger partial charge in [0.25, 0.3) is 5.69 Å². The molecule has 0 aliphatic carbocycles. The third-order valence-corrected chi connectivity index (χ3v) is 8.11. The first kappa shape index (κ1) is 30.7. The highest BCUT2D eigenvalue weighted by Gasteiger charge is 2.68. The molecular formula is C31H28F3N3O7. The van der Waals surface area contributed by atoms with Crippen molar-refractivity contribution in [3.8, 4) is 11.5 Å². The second-order valence-corrected chi connectivity index (χ2v) is 10.9. The van der Waals surface area contributed by atoms with Crippen molar-refractivity contribution in [3.63, 3.8) is 0 Å². The number of nitro benzene ring substituents is 1. The second kappa shape index (κ2) is 11.7. The number of carboxylic acid groups (broad SMARTS) is 1. The van der Waals surface area contributed by atoms with E-state index >= 15 is 0 Å². The van der Waals surface area contributed by atoms with Crippen LogP contribution in [-0.2, 0) is 27.0 Å². The number of aliphatic carboxylic acids is 1. The number of ether oxygens (including phenoxy) is 1. The van der Waals surface area contributed by atoms with Crippen LogP contribution in [-0.4, -0.2) is 44.8 Å². The minimum atomic E-state index is -4.58. The second-order valence-electron chi connectivity index (χ2n) is 10.9. The molecule has 5 rings (SSSR count). The van der Waals surface area contributed by atoms with E-state index in [1.165, 1.54) is 48.5 Å². The Hall–Kier alpha value is -4.78. The molecule has 0 bridgehead atoms. The lowest BCUT2D eigenvalue weighted by Crippen LogP contribution is -2.57. The van der Waals surface area contributed by atoms with Gasteiger partial charge in [0.1, 0.15) is 17.0 Å². The first-order valence-corrected chi connectivity index (χ1v) is 13.9. The topological polar surface area (TPSA) is 139 Å². The van der Waals surface area contributed by atoms with Gasteiger partial charge in [-0.05, 0) is 47.9 Å². The minimum Gasteiger partial charge on any atom is -0.480 e. The lowest BCUT2D eigenvalue weighted by molar-refractivity contribution is -0.384. The summed E-state index contributed by atoms with van der Waals surface area (Å²) in [4.78, 5) is 52.2. The lowest BCUT2D eigenvalue weighted by Gasteiger charge is -2.31. The van der Waals surface area contributed by atoms with Crippen molar-refractivity contribution in [1.29, 1.82) is 0 Å². The predicted octanol–water partition coefficient (Wildman–Crippen LogP) is 5.52. The van der Waals surface area contributed by atoms with Crippen LogP contribution in [0.3, 0.4) is 0 Å². The molecule has 3 aromatic rings. The number of halogens is 3. The molecule has 2 heterocycles. The van der Waals surface area contributed by atoms with Crippen molar-refractivity contribution in [2.24, 2.45) is 11.8 Å². The maximum Gasteiger partial charge on any atom is 0.416 e. The number of alkyl halides is 3. The highest BCUT2D eigenvalue weighted by molar-refractivity contribution is 6.09. The van der Waals surface area contributed by atoms with E-state index in [9.17, 15) is 42.8 Å². The summed E-state index contributed by atoms with van der Waals surface area (Å²) in [6.07, 6.45) is -3.61. The SMILES string of the molecule is CCCCN1C(=O)C2C(c3cccc(Oc4cccc(C(F)(F)F)c4)c3)NC(Cc3ccc([N+](=O)[O-])cc3)(C(=O)O)C2C1=O. The Bertz CT molecular complexity index is 1610. The Morgan fingerprint density at radius 1 is 1.05 bits per heavy atom. The van der Waals surface area contributed by atoms with Crippen LogP contribution in [0.1, 0.15) is 42.5 Å². The third-order valence-electron chi connectivity index (χ3n) is 8.11. The van der Waals surface area contributed by atoms with Crippen LogP contribution in [0.5, 0.6) is 11.5 Å². The van der Waals surface area contributed by atoms with Gasteiger partial charge in [-0.2, -0.15) is 13.2 Å². The number of nitrogens with zero attached hydrogens (tertiary/aromatic N) is 2. The number of carboxylic acids is 1. The number of imide groups is 1. The Morgan fingerprint density at radius 3 is 2.32 bits per heavy atom. The van der Waals surface area contributed by atoms with Crippen LogP contribution in [0.2, 0.25) is 0 Å². The zero-order valence-electron chi connectivity index (χ0n) is 23.4. The summed E-state index contributed by atoms with van der Waals surface area (Å²) < 4.78 is 45.4. The average molecular weight is 612 g/mol. The number of amides is 2. The molecule has 0 spiro atoms. The number of unbranched alkanes of at least 4 members (excludes halogenated alkanes) is 1.